The highest BCUT2D eigenvalue weighted by molar-refractivity contribution is 5.30. The fraction of sp³-hybridized carbons (Fsp3) is 0.520. The van der Waals surface area contributed by atoms with Crippen molar-refractivity contribution in [1.82, 2.24) is 0 Å². The Labute approximate surface area is 169 Å². The second kappa shape index (κ2) is 11.8. The van der Waals surface area contributed by atoms with Gasteiger partial charge in [-0.3, -0.25) is 0 Å². The molecule has 0 amide bonds. The molecule has 2 aromatic carbocycles. The van der Waals surface area contributed by atoms with Gasteiger partial charge in [0.15, 0.2) is 0 Å². The molecule has 0 aliphatic rings. The quantitative estimate of drug-likeness (QED) is 0.315. The highest BCUT2D eigenvalue weighted by atomic mass is 19.3. The molecule has 0 atom stereocenters. The molecule has 0 bridgehead atoms. The fourth-order valence-corrected chi connectivity index (χ4v) is 3.31. The number of hydrogen-bond donors (Lipinski definition) is 0. The third-order valence-corrected chi connectivity index (χ3v) is 5.10. The molecule has 1 nitrogen and oxygen atoms in total. The van der Waals surface area contributed by atoms with E-state index < -0.39 is 6.11 Å². The normalized spacial score (nSPS) is 11.6. The van der Waals surface area contributed by atoms with Gasteiger partial charge in [0.05, 0.1) is 5.56 Å². The van der Waals surface area contributed by atoms with Gasteiger partial charge in [0.2, 0.25) is 0 Å². The number of rotatable bonds is 13. The maximum Gasteiger partial charge on any atom is 0.426 e. The van der Waals surface area contributed by atoms with Gasteiger partial charge < -0.3 is 4.74 Å². The molecule has 0 saturated heterocycles. The summed E-state index contributed by atoms with van der Waals surface area (Å²) in [6.07, 6.45) is 8.14. The van der Waals surface area contributed by atoms with E-state index in [9.17, 15) is 8.78 Å². The second-order valence-corrected chi connectivity index (χ2v) is 7.58. The Morgan fingerprint density at radius 3 is 1.68 bits per heavy atom. The summed E-state index contributed by atoms with van der Waals surface area (Å²) >= 11 is 0. The Morgan fingerprint density at radius 2 is 1.11 bits per heavy atom. The number of aryl methyl sites for hydroxylation is 2. The Bertz CT molecular complexity index is 662. The van der Waals surface area contributed by atoms with E-state index in [1.54, 1.807) is 24.3 Å². The number of benzene rings is 2. The molecule has 2 aromatic rings. The summed E-state index contributed by atoms with van der Waals surface area (Å²) < 4.78 is 34.0. The first-order valence-electron chi connectivity index (χ1n) is 10.8. The van der Waals surface area contributed by atoms with Crippen LogP contribution >= 0.6 is 0 Å². The van der Waals surface area contributed by atoms with Crippen LogP contribution in [0.5, 0.6) is 5.75 Å². The minimum atomic E-state index is -3.33. The molecule has 0 heterocycles. The van der Waals surface area contributed by atoms with Crippen LogP contribution in [-0.2, 0) is 19.0 Å². The van der Waals surface area contributed by atoms with Gasteiger partial charge in [0.25, 0.3) is 0 Å². The van der Waals surface area contributed by atoms with E-state index in [4.69, 9.17) is 4.74 Å². The summed E-state index contributed by atoms with van der Waals surface area (Å²) in [5.41, 5.74) is 2.16. The first-order valence-corrected chi connectivity index (χ1v) is 10.8. The molecule has 0 fully saturated rings. The van der Waals surface area contributed by atoms with Crippen molar-refractivity contribution < 1.29 is 13.5 Å². The summed E-state index contributed by atoms with van der Waals surface area (Å²) in [6, 6.07) is 13.6. The van der Waals surface area contributed by atoms with E-state index in [-0.39, 0.29) is 11.3 Å². The maximum atomic E-state index is 14.5. The molecule has 0 radical (unpaired) electrons. The molecular formula is C25H34F2O. The van der Waals surface area contributed by atoms with Gasteiger partial charge in [-0.05, 0) is 61.1 Å². The van der Waals surface area contributed by atoms with Crippen molar-refractivity contribution in [1.29, 1.82) is 0 Å². The van der Waals surface area contributed by atoms with Gasteiger partial charge in [-0.25, -0.2) is 0 Å². The van der Waals surface area contributed by atoms with E-state index in [2.05, 4.69) is 13.8 Å². The standard InChI is InChI=1S/C25H34F2O/c1-3-5-7-8-10-12-22-15-19-24(20-16-22)28-25(26,27)23-17-13-21(14-18-23)11-9-6-4-2/h13-20H,3-12H2,1-2H3. The molecule has 0 saturated carbocycles. The van der Waals surface area contributed by atoms with Crippen molar-refractivity contribution in [2.45, 2.75) is 84.2 Å². The lowest BCUT2D eigenvalue weighted by Gasteiger charge is -2.19. The maximum absolute atomic E-state index is 14.5. The molecule has 0 aliphatic carbocycles. The largest absolute Gasteiger partial charge is 0.429 e. The molecule has 0 aromatic heterocycles. The molecule has 2 rings (SSSR count). The van der Waals surface area contributed by atoms with Crippen molar-refractivity contribution in [3.63, 3.8) is 0 Å². The average molecular weight is 389 g/mol. The smallest absolute Gasteiger partial charge is 0.426 e. The Balaban J connectivity index is 1.87. The third kappa shape index (κ3) is 7.61. The third-order valence-electron chi connectivity index (χ3n) is 5.10. The highest BCUT2D eigenvalue weighted by Crippen LogP contribution is 2.32. The van der Waals surface area contributed by atoms with Gasteiger partial charge in [-0.2, -0.15) is 8.78 Å². The van der Waals surface area contributed by atoms with Gasteiger partial charge >= 0.3 is 6.11 Å². The van der Waals surface area contributed by atoms with Gasteiger partial charge in [-0.1, -0.05) is 76.6 Å². The summed E-state index contributed by atoms with van der Waals surface area (Å²) in [7, 11) is 0. The molecular weight excluding hydrogens is 354 g/mol. The molecule has 3 heteroatoms. The summed E-state index contributed by atoms with van der Waals surface area (Å²) in [5.74, 6) is 0.201. The Kier molecular flexibility index (Phi) is 9.46. The van der Waals surface area contributed by atoms with Crippen LogP contribution < -0.4 is 4.74 Å². The predicted octanol–water partition coefficient (Wildman–Crippen LogP) is 8.06. The zero-order valence-electron chi connectivity index (χ0n) is 17.4. The SMILES string of the molecule is CCCCCCCc1ccc(OC(F)(F)c2ccc(CCCCC)cc2)cc1. The first-order chi connectivity index (χ1) is 13.5. The molecule has 0 spiro atoms. The Morgan fingerprint density at radius 1 is 0.643 bits per heavy atom. The minimum Gasteiger partial charge on any atom is -0.429 e. The second-order valence-electron chi connectivity index (χ2n) is 7.58. The highest BCUT2D eigenvalue weighted by Gasteiger charge is 2.34. The number of hydrogen-bond acceptors (Lipinski definition) is 1. The first kappa shape index (κ1) is 22.4. The monoisotopic (exact) mass is 388 g/mol. The van der Waals surface area contributed by atoms with Crippen molar-refractivity contribution in [3.8, 4) is 5.75 Å². The lowest BCUT2D eigenvalue weighted by atomic mass is 10.0. The van der Waals surface area contributed by atoms with Crippen molar-refractivity contribution in [2.24, 2.45) is 0 Å². The number of halogens is 2. The molecule has 154 valence electrons. The number of unbranched alkanes of at least 4 members (excludes halogenated alkanes) is 6. The molecule has 28 heavy (non-hydrogen) atoms. The topological polar surface area (TPSA) is 9.23 Å². The Hall–Kier alpha value is -1.90. The van der Waals surface area contributed by atoms with Gasteiger partial charge in [0.1, 0.15) is 5.75 Å². The lowest BCUT2D eigenvalue weighted by molar-refractivity contribution is -0.185. The van der Waals surface area contributed by atoms with Crippen LogP contribution in [0.4, 0.5) is 8.78 Å². The average Bonchev–Trinajstić information content (AvgIpc) is 2.69. The van der Waals surface area contributed by atoms with Crippen LogP contribution in [-0.4, -0.2) is 0 Å². The van der Waals surface area contributed by atoms with Crippen molar-refractivity contribution in [2.75, 3.05) is 0 Å². The van der Waals surface area contributed by atoms with E-state index in [1.165, 1.54) is 43.4 Å². The zero-order valence-corrected chi connectivity index (χ0v) is 17.4. The summed E-state index contributed by atoms with van der Waals surface area (Å²) in [6.45, 7) is 4.36. The molecule has 0 aliphatic heterocycles. The van der Waals surface area contributed by atoms with Crippen molar-refractivity contribution >= 4 is 0 Å². The van der Waals surface area contributed by atoms with Gasteiger partial charge in [0, 0.05) is 0 Å². The van der Waals surface area contributed by atoms with E-state index in [0.717, 1.165) is 44.1 Å². The van der Waals surface area contributed by atoms with E-state index in [0.29, 0.717) is 0 Å². The van der Waals surface area contributed by atoms with Crippen LogP contribution in [0.3, 0.4) is 0 Å². The van der Waals surface area contributed by atoms with Crippen LogP contribution in [0.2, 0.25) is 0 Å². The molecule has 0 N–H and O–H groups in total. The van der Waals surface area contributed by atoms with E-state index in [1.807, 2.05) is 12.1 Å². The zero-order chi connectivity index (χ0) is 20.2. The van der Waals surface area contributed by atoms with Crippen LogP contribution in [0.15, 0.2) is 48.5 Å². The van der Waals surface area contributed by atoms with Crippen LogP contribution in [0, 0.1) is 0 Å². The lowest BCUT2D eigenvalue weighted by Crippen LogP contribution is -2.21. The molecule has 0 unspecified atom stereocenters. The number of ether oxygens (including phenoxy) is 1. The fourth-order valence-electron chi connectivity index (χ4n) is 3.31. The number of alkyl halides is 2. The summed E-state index contributed by atoms with van der Waals surface area (Å²) in [4.78, 5) is 0. The van der Waals surface area contributed by atoms with Crippen LogP contribution in [0.25, 0.3) is 0 Å². The van der Waals surface area contributed by atoms with E-state index >= 15 is 0 Å². The van der Waals surface area contributed by atoms with Crippen molar-refractivity contribution in [3.05, 3.63) is 65.2 Å². The minimum absolute atomic E-state index is 0.105. The predicted molar refractivity (Wildman–Crippen MR) is 113 cm³/mol. The summed E-state index contributed by atoms with van der Waals surface area (Å²) in [5, 5.41) is 0. The van der Waals surface area contributed by atoms with Gasteiger partial charge in [-0.15, -0.1) is 0 Å². The van der Waals surface area contributed by atoms with Crippen LogP contribution in [0.1, 0.15) is 81.9 Å².